The number of fused-ring (bicyclic) bond motifs is 3. The van der Waals surface area contributed by atoms with Gasteiger partial charge in [0.1, 0.15) is 11.6 Å². The third-order valence-electron chi connectivity index (χ3n) is 9.20. The second-order valence-corrected chi connectivity index (χ2v) is 12.3. The van der Waals surface area contributed by atoms with E-state index in [1.54, 1.807) is 0 Å². The quantitative estimate of drug-likeness (QED) is 0.178. The zero-order valence-electron chi connectivity index (χ0n) is 27.2. The number of benzene rings is 7. The fourth-order valence-corrected chi connectivity index (χ4v) is 6.78. The van der Waals surface area contributed by atoms with Gasteiger partial charge in [0, 0.05) is 44.8 Å². The van der Waals surface area contributed by atoms with Crippen LogP contribution in [0.15, 0.2) is 170 Å². The number of hydrogen-bond acceptors (Lipinski definition) is 3. The molecule has 0 aliphatic carbocycles. The fraction of sp³-hybridized carbons (Fsp3) is 0. The molecule has 0 aliphatic rings. The molecule has 0 radical (unpaired) electrons. The second-order valence-electron chi connectivity index (χ2n) is 12.3. The van der Waals surface area contributed by atoms with E-state index in [9.17, 15) is 4.39 Å². The van der Waals surface area contributed by atoms with Crippen molar-refractivity contribution in [1.29, 1.82) is 0 Å². The van der Waals surface area contributed by atoms with E-state index in [0.717, 1.165) is 55.8 Å². The van der Waals surface area contributed by atoms with Crippen molar-refractivity contribution in [3.8, 4) is 62.1 Å². The first-order valence-electron chi connectivity index (χ1n) is 16.7. The molecule has 0 spiro atoms. The minimum Gasteiger partial charge on any atom is -0.309 e. The summed E-state index contributed by atoms with van der Waals surface area (Å²) < 4.78 is 32.4. The Morgan fingerprint density at radius 1 is 0.373 bits per heavy atom. The highest BCUT2D eigenvalue weighted by Crippen LogP contribution is 2.39. The van der Waals surface area contributed by atoms with Crippen LogP contribution >= 0.6 is 0 Å². The number of nitrogens with zero attached hydrogens (tertiary/aromatic N) is 4. The van der Waals surface area contributed by atoms with Gasteiger partial charge in [-0.2, -0.15) is 0 Å². The highest BCUT2D eigenvalue weighted by molar-refractivity contribution is 6.10. The standard InChI is InChI=1S/C45H28F2N4/c46-33-21-24-35(40(47)27-33)39-28-34(51-41-19-11-10-18-36(41)37-23-20-32(26-42(37)51)29-12-4-1-5-13-29)22-25-38(39)45-49-43(30-14-6-2-7-15-30)48-44(50-45)31-16-8-3-9-17-31/h1-28H. The van der Waals surface area contributed by atoms with Crippen LogP contribution in [0.1, 0.15) is 0 Å². The van der Waals surface area contributed by atoms with Crippen molar-refractivity contribution in [2.45, 2.75) is 0 Å². The van der Waals surface area contributed by atoms with E-state index >= 15 is 4.39 Å². The first-order chi connectivity index (χ1) is 25.1. The van der Waals surface area contributed by atoms with Gasteiger partial charge in [0.05, 0.1) is 11.0 Å². The monoisotopic (exact) mass is 662 g/mol. The fourth-order valence-electron chi connectivity index (χ4n) is 6.78. The minimum atomic E-state index is -0.678. The van der Waals surface area contributed by atoms with Crippen LogP contribution in [0, 0.1) is 11.6 Å². The van der Waals surface area contributed by atoms with Gasteiger partial charge in [-0.1, -0.05) is 121 Å². The first kappa shape index (κ1) is 30.3. The maximum Gasteiger partial charge on any atom is 0.164 e. The Morgan fingerprint density at radius 3 is 1.61 bits per heavy atom. The predicted octanol–water partition coefficient (Wildman–Crippen LogP) is 11.6. The normalized spacial score (nSPS) is 11.3. The van der Waals surface area contributed by atoms with Gasteiger partial charge in [0.15, 0.2) is 17.5 Å². The maximum atomic E-state index is 15.8. The van der Waals surface area contributed by atoms with E-state index in [0.29, 0.717) is 28.6 Å². The van der Waals surface area contributed by atoms with Gasteiger partial charge in [-0.25, -0.2) is 23.7 Å². The Bertz CT molecular complexity index is 2650. The van der Waals surface area contributed by atoms with Crippen molar-refractivity contribution in [1.82, 2.24) is 19.5 Å². The van der Waals surface area contributed by atoms with E-state index < -0.39 is 11.6 Å². The molecule has 9 rings (SSSR count). The van der Waals surface area contributed by atoms with E-state index in [1.165, 1.54) is 12.1 Å². The van der Waals surface area contributed by atoms with E-state index in [1.807, 2.05) is 109 Å². The summed E-state index contributed by atoms with van der Waals surface area (Å²) in [5, 5.41) is 2.20. The summed E-state index contributed by atoms with van der Waals surface area (Å²) in [4.78, 5) is 14.7. The van der Waals surface area contributed by atoms with Crippen molar-refractivity contribution < 1.29 is 8.78 Å². The molecule has 9 aromatic rings. The van der Waals surface area contributed by atoms with Gasteiger partial charge in [0.25, 0.3) is 0 Å². The van der Waals surface area contributed by atoms with E-state index in [-0.39, 0.29) is 5.56 Å². The summed E-state index contributed by atoms with van der Waals surface area (Å²) >= 11 is 0. The molecule has 0 amide bonds. The van der Waals surface area contributed by atoms with Crippen LogP contribution in [0.2, 0.25) is 0 Å². The molecule has 2 aromatic heterocycles. The van der Waals surface area contributed by atoms with Crippen LogP contribution in [0.25, 0.3) is 83.9 Å². The number of aromatic nitrogens is 4. The van der Waals surface area contributed by atoms with Gasteiger partial charge in [-0.3, -0.25) is 0 Å². The van der Waals surface area contributed by atoms with Gasteiger partial charge >= 0.3 is 0 Å². The van der Waals surface area contributed by atoms with Crippen LogP contribution in [-0.4, -0.2) is 19.5 Å². The third kappa shape index (κ3) is 5.53. The zero-order chi connectivity index (χ0) is 34.3. The van der Waals surface area contributed by atoms with E-state index in [4.69, 9.17) is 15.0 Å². The van der Waals surface area contributed by atoms with Crippen molar-refractivity contribution >= 4 is 21.8 Å². The highest BCUT2D eigenvalue weighted by atomic mass is 19.1. The molecule has 242 valence electrons. The molecule has 0 N–H and O–H groups in total. The first-order valence-corrected chi connectivity index (χ1v) is 16.7. The van der Waals surface area contributed by atoms with Crippen molar-refractivity contribution in [3.63, 3.8) is 0 Å². The molecule has 0 unspecified atom stereocenters. The molecule has 4 nitrogen and oxygen atoms in total. The van der Waals surface area contributed by atoms with Gasteiger partial charge < -0.3 is 4.57 Å². The summed E-state index contributed by atoms with van der Waals surface area (Å²) in [7, 11) is 0. The molecule has 0 saturated heterocycles. The van der Waals surface area contributed by atoms with Crippen LogP contribution in [-0.2, 0) is 0 Å². The third-order valence-corrected chi connectivity index (χ3v) is 9.20. The van der Waals surface area contributed by atoms with Crippen LogP contribution in [0.5, 0.6) is 0 Å². The molecule has 2 heterocycles. The van der Waals surface area contributed by atoms with Crippen molar-refractivity contribution in [2.75, 3.05) is 0 Å². The maximum absolute atomic E-state index is 15.8. The lowest BCUT2D eigenvalue weighted by molar-refractivity contribution is 0.585. The van der Waals surface area contributed by atoms with Gasteiger partial charge in [-0.05, 0) is 59.2 Å². The summed E-state index contributed by atoms with van der Waals surface area (Å²) in [6.45, 7) is 0. The van der Waals surface area contributed by atoms with Crippen LogP contribution < -0.4 is 0 Å². The molecule has 0 atom stereocenters. The van der Waals surface area contributed by atoms with E-state index in [2.05, 4.69) is 47.0 Å². The lowest BCUT2D eigenvalue weighted by Crippen LogP contribution is -2.02. The zero-order valence-corrected chi connectivity index (χ0v) is 27.2. The summed E-state index contributed by atoms with van der Waals surface area (Å²) in [6.07, 6.45) is 0. The molecular weight excluding hydrogens is 635 g/mol. The average Bonchev–Trinajstić information content (AvgIpc) is 3.52. The number of halogens is 2. The molecule has 7 aromatic carbocycles. The van der Waals surface area contributed by atoms with Gasteiger partial charge in [0.2, 0.25) is 0 Å². The average molecular weight is 663 g/mol. The van der Waals surface area contributed by atoms with Crippen molar-refractivity contribution in [3.05, 3.63) is 181 Å². The minimum absolute atomic E-state index is 0.238. The second kappa shape index (κ2) is 12.6. The topological polar surface area (TPSA) is 43.6 Å². The van der Waals surface area contributed by atoms with Crippen LogP contribution in [0.4, 0.5) is 8.78 Å². The smallest absolute Gasteiger partial charge is 0.164 e. The highest BCUT2D eigenvalue weighted by Gasteiger charge is 2.20. The van der Waals surface area contributed by atoms with Crippen LogP contribution in [0.3, 0.4) is 0 Å². The number of hydrogen-bond donors (Lipinski definition) is 0. The van der Waals surface area contributed by atoms with Gasteiger partial charge in [-0.15, -0.1) is 0 Å². The molecule has 6 heteroatoms. The largest absolute Gasteiger partial charge is 0.309 e. The molecule has 0 saturated carbocycles. The molecule has 0 fully saturated rings. The Balaban J connectivity index is 1.31. The lowest BCUT2D eigenvalue weighted by atomic mass is 9.97. The molecule has 51 heavy (non-hydrogen) atoms. The summed E-state index contributed by atoms with van der Waals surface area (Å²) in [5.74, 6) is 0.0293. The number of para-hydroxylation sites is 1. The summed E-state index contributed by atoms with van der Waals surface area (Å²) in [5.41, 5.74) is 8.03. The van der Waals surface area contributed by atoms with Crippen molar-refractivity contribution in [2.24, 2.45) is 0 Å². The predicted molar refractivity (Wildman–Crippen MR) is 201 cm³/mol. The Morgan fingerprint density at radius 2 is 0.941 bits per heavy atom. The number of rotatable bonds is 6. The Kier molecular flexibility index (Phi) is 7.47. The molecule has 0 aliphatic heterocycles. The molecular formula is C45H28F2N4. The Labute approximate surface area is 293 Å². The molecule has 0 bridgehead atoms. The lowest BCUT2D eigenvalue weighted by Gasteiger charge is -2.16. The Hall–Kier alpha value is -6.79. The SMILES string of the molecule is Fc1ccc(-c2cc(-n3c4ccccc4c4ccc(-c5ccccc5)cc43)ccc2-c2nc(-c3ccccc3)nc(-c3ccccc3)n2)c(F)c1. The summed E-state index contributed by atoms with van der Waals surface area (Å²) in [6, 6.07) is 54.0.